The van der Waals surface area contributed by atoms with Gasteiger partial charge in [-0.05, 0) is 6.07 Å². The number of nitrogens with zero attached hydrogens (tertiary/aromatic N) is 3. The lowest BCUT2D eigenvalue weighted by molar-refractivity contribution is -0.117. The van der Waals surface area contributed by atoms with Crippen LogP contribution in [0.5, 0.6) is 0 Å². The molecule has 0 aliphatic carbocycles. The monoisotopic (exact) mass is 195 g/mol. The standard InChI is InChI=1S/C8H9N3OS/c12-8-3-7(13)5-11(8)6-1-2-9-10-4-6/h1-2,4,7,13H,3,5H2. The normalized spacial score (nSPS) is 22.4. The molecular weight excluding hydrogens is 186 g/mol. The summed E-state index contributed by atoms with van der Waals surface area (Å²) in [7, 11) is 0. The maximum Gasteiger partial charge on any atom is 0.228 e. The first kappa shape index (κ1) is 8.50. The summed E-state index contributed by atoms with van der Waals surface area (Å²) in [5.74, 6) is 0.105. The fourth-order valence-electron chi connectivity index (χ4n) is 1.38. The second-order valence-electron chi connectivity index (χ2n) is 2.96. The molecule has 1 aromatic heterocycles. The van der Waals surface area contributed by atoms with Crippen LogP contribution in [0.4, 0.5) is 5.69 Å². The molecule has 0 aromatic carbocycles. The highest BCUT2D eigenvalue weighted by Crippen LogP contribution is 2.22. The number of hydrogen-bond acceptors (Lipinski definition) is 4. The van der Waals surface area contributed by atoms with Gasteiger partial charge in [-0.15, -0.1) is 0 Å². The number of hydrogen-bond donors (Lipinski definition) is 1. The van der Waals surface area contributed by atoms with Gasteiger partial charge < -0.3 is 4.90 Å². The zero-order valence-corrected chi connectivity index (χ0v) is 7.82. The minimum absolute atomic E-state index is 0.105. The molecule has 1 unspecified atom stereocenters. The Morgan fingerprint density at radius 1 is 1.54 bits per heavy atom. The Balaban J connectivity index is 2.23. The van der Waals surface area contributed by atoms with Gasteiger partial charge in [-0.3, -0.25) is 4.79 Å². The molecule has 1 aliphatic rings. The van der Waals surface area contributed by atoms with Crippen molar-refractivity contribution >= 4 is 24.2 Å². The summed E-state index contributed by atoms with van der Waals surface area (Å²) in [6.07, 6.45) is 3.67. The van der Waals surface area contributed by atoms with Crippen LogP contribution in [0.3, 0.4) is 0 Å². The molecule has 0 saturated carbocycles. The lowest BCUT2D eigenvalue weighted by atomic mass is 10.4. The first-order valence-electron chi connectivity index (χ1n) is 4.02. The van der Waals surface area contributed by atoms with Gasteiger partial charge in [0.15, 0.2) is 0 Å². The van der Waals surface area contributed by atoms with Gasteiger partial charge in [0.1, 0.15) is 0 Å². The minimum atomic E-state index is 0.105. The Hall–Kier alpha value is -1.10. The summed E-state index contributed by atoms with van der Waals surface area (Å²) >= 11 is 4.26. The van der Waals surface area contributed by atoms with Crippen molar-refractivity contribution in [2.24, 2.45) is 0 Å². The van der Waals surface area contributed by atoms with Crippen LogP contribution in [0.1, 0.15) is 6.42 Å². The topological polar surface area (TPSA) is 46.1 Å². The van der Waals surface area contributed by atoms with Crippen molar-refractivity contribution < 1.29 is 4.79 Å². The first-order valence-corrected chi connectivity index (χ1v) is 4.54. The van der Waals surface area contributed by atoms with E-state index in [1.165, 1.54) is 0 Å². The smallest absolute Gasteiger partial charge is 0.228 e. The highest BCUT2D eigenvalue weighted by molar-refractivity contribution is 7.81. The summed E-state index contributed by atoms with van der Waals surface area (Å²) < 4.78 is 0. The van der Waals surface area contributed by atoms with Crippen LogP contribution >= 0.6 is 12.6 Å². The number of rotatable bonds is 1. The Kier molecular flexibility index (Phi) is 2.18. The van der Waals surface area contributed by atoms with E-state index in [2.05, 4.69) is 22.8 Å². The second-order valence-corrected chi connectivity index (χ2v) is 3.69. The molecule has 1 amide bonds. The molecule has 4 nitrogen and oxygen atoms in total. The second kappa shape index (κ2) is 3.33. The number of amides is 1. The third-order valence-electron chi connectivity index (χ3n) is 1.98. The van der Waals surface area contributed by atoms with E-state index in [1.807, 2.05) is 0 Å². The maximum absolute atomic E-state index is 11.4. The highest BCUT2D eigenvalue weighted by atomic mass is 32.1. The van der Waals surface area contributed by atoms with E-state index in [9.17, 15) is 4.79 Å². The summed E-state index contributed by atoms with van der Waals surface area (Å²) in [5.41, 5.74) is 0.802. The summed E-state index contributed by atoms with van der Waals surface area (Å²) in [6.45, 7) is 0.660. The van der Waals surface area contributed by atoms with Crippen molar-refractivity contribution in [2.75, 3.05) is 11.4 Å². The van der Waals surface area contributed by atoms with E-state index >= 15 is 0 Å². The Morgan fingerprint density at radius 2 is 2.38 bits per heavy atom. The number of aromatic nitrogens is 2. The first-order chi connectivity index (χ1) is 6.27. The third-order valence-corrected chi connectivity index (χ3v) is 2.33. The third kappa shape index (κ3) is 1.65. The van der Waals surface area contributed by atoms with Crippen molar-refractivity contribution in [1.29, 1.82) is 0 Å². The molecule has 1 aromatic rings. The molecule has 2 heterocycles. The molecular formula is C8H9N3OS. The largest absolute Gasteiger partial charge is 0.310 e. The maximum atomic E-state index is 11.4. The van der Waals surface area contributed by atoms with Gasteiger partial charge in [0.25, 0.3) is 0 Å². The summed E-state index contributed by atoms with van der Waals surface area (Å²) in [5, 5.41) is 7.51. The Morgan fingerprint density at radius 3 is 2.92 bits per heavy atom. The van der Waals surface area contributed by atoms with Crippen LogP contribution in [-0.2, 0) is 4.79 Å². The van der Waals surface area contributed by atoms with E-state index < -0.39 is 0 Å². The molecule has 0 spiro atoms. The van der Waals surface area contributed by atoms with Gasteiger partial charge in [-0.1, -0.05) is 0 Å². The number of carbonyl (C=O) groups is 1. The van der Waals surface area contributed by atoms with Crippen molar-refractivity contribution in [3.63, 3.8) is 0 Å². The van der Waals surface area contributed by atoms with E-state index in [4.69, 9.17) is 0 Å². The van der Waals surface area contributed by atoms with Crippen LogP contribution in [-0.4, -0.2) is 27.9 Å². The molecule has 5 heteroatoms. The van der Waals surface area contributed by atoms with Crippen LogP contribution in [0.15, 0.2) is 18.5 Å². The molecule has 0 bridgehead atoms. The van der Waals surface area contributed by atoms with Gasteiger partial charge in [0, 0.05) is 18.2 Å². The fraction of sp³-hybridized carbons (Fsp3) is 0.375. The molecule has 1 saturated heterocycles. The van der Waals surface area contributed by atoms with Crippen molar-refractivity contribution in [3.8, 4) is 0 Å². The number of anilines is 1. The van der Waals surface area contributed by atoms with E-state index in [1.54, 1.807) is 23.4 Å². The molecule has 1 atom stereocenters. The van der Waals surface area contributed by atoms with Gasteiger partial charge >= 0.3 is 0 Å². The van der Waals surface area contributed by atoms with Crippen LogP contribution in [0.2, 0.25) is 0 Å². The van der Waals surface area contributed by atoms with Gasteiger partial charge in [0.05, 0.1) is 18.1 Å². The molecule has 1 aliphatic heterocycles. The quantitative estimate of drug-likeness (QED) is 0.664. The summed E-state index contributed by atoms with van der Waals surface area (Å²) in [6, 6.07) is 1.77. The van der Waals surface area contributed by atoms with Gasteiger partial charge in [-0.25, -0.2) is 0 Å². The molecule has 2 rings (SSSR count). The van der Waals surface area contributed by atoms with Crippen molar-refractivity contribution in [3.05, 3.63) is 18.5 Å². The lowest BCUT2D eigenvalue weighted by Crippen LogP contribution is -2.24. The average molecular weight is 195 g/mol. The zero-order chi connectivity index (χ0) is 9.26. The lowest BCUT2D eigenvalue weighted by Gasteiger charge is -2.14. The number of carbonyl (C=O) groups excluding carboxylic acids is 1. The van der Waals surface area contributed by atoms with E-state index in [0.29, 0.717) is 13.0 Å². The van der Waals surface area contributed by atoms with E-state index in [-0.39, 0.29) is 11.2 Å². The molecule has 68 valence electrons. The Bertz CT molecular complexity index is 316. The molecule has 0 radical (unpaired) electrons. The van der Waals surface area contributed by atoms with Crippen LogP contribution < -0.4 is 4.90 Å². The Labute approximate surface area is 81.4 Å². The van der Waals surface area contributed by atoms with Crippen LogP contribution in [0.25, 0.3) is 0 Å². The van der Waals surface area contributed by atoms with E-state index in [0.717, 1.165) is 5.69 Å². The van der Waals surface area contributed by atoms with Crippen LogP contribution in [0, 0.1) is 0 Å². The predicted molar refractivity (Wildman–Crippen MR) is 51.8 cm³/mol. The zero-order valence-electron chi connectivity index (χ0n) is 6.92. The average Bonchev–Trinajstić information content (AvgIpc) is 2.47. The predicted octanol–water partition coefficient (Wildman–Crippen LogP) is 0.512. The summed E-state index contributed by atoms with van der Waals surface area (Å²) in [4.78, 5) is 13.1. The minimum Gasteiger partial charge on any atom is -0.310 e. The fourth-order valence-corrected chi connectivity index (χ4v) is 1.70. The molecule has 13 heavy (non-hydrogen) atoms. The number of thiol groups is 1. The SMILES string of the molecule is O=C1CC(S)CN1c1ccnnc1. The van der Waals surface area contributed by atoms with Crippen molar-refractivity contribution in [2.45, 2.75) is 11.7 Å². The molecule has 1 fully saturated rings. The van der Waals surface area contributed by atoms with Gasteiger partial charge in [0.2, 0.25) is 5.91 Å². The highest BCUT2D eigenvalue weighted by Gasteiger charge is 2.28. The van der Waals surface area contributed by atoms with Crippen molar-refractivity contribution in [1.82, 2.24) is 10.2 Å². The molecule has 0 N–H and O–H groups in total. The van der Waals surface area contributed by atoms with Gasteiger partial charge in [-0.2, -0.15) is 22.8 Å².